The Hall–Kier alpha value is -3.44. The minimum absolute atomic E-state index is 0.233. The topological polar surface area (TPSA) is 129 Å². The molecule has 1 aliphatic rings. The minimum Gasteiger partial charge on any atom is -0.467 e. The molecule has 4 aromatic rings. The largest absolute Gasteiger partial charge is 0.467 e. The first-order valence-electron chi connectivity index (χ1n) is 10.8. The number of anilines is 1. The van der Waals surface area contributed by atoms with Crippen molar-refractivity contribution in [3.05, 3.63) is 64.7 Å². The van der Waals surface area contributed by atoms with Gasteiger partial charge in [0.25, 0.3) is 5.91 Å². The number of aromatic nitrogens is 4. The van der Waals surface area contributed by atoms with Crippen LogP contribution in [0.15, 0.2) is 52.5 Å². The van der Waals surface area contributed by atoms with Gasteiger partial charge in [-0.25, -0.2) is 0 Å². The van der Waals surface area contributed by atoms with Crippen LogP contribution in [0.5, 0.6) is 0 Å². The molecule has 1 atom stereocenters. The van der Waals surface area contributed by atoms with E-state index in [1.165, 1.54) is 23.1 Å². The summed E-state index contributed by atoms with van der Waals surface area (Å²) in [4.78, 5) is 30.4. The van der Waals surface area contributed by atoms with Gasteiger partial charge in [0.05, 0.1) is 23.6 Å². The maximum Gasteiger partial charge on any atom is 0.251 e. The van der Waals surface area contributed by atoms with Crippen LogP contribution < -0.4 is 11.1 Å². The minimum atomic E-state index is -0.505. The van der Waals surface area contributed by atoms with Gasteiger partial charge < -0.3 is 15.5 Å². The van der Waals surface area contributed by atoms with E-state index in [-0.39, 0.29) is 5.91 Å². The number of hydrogen-bond acceptors (Lipinski definition) is 8. The number of amides is 2. The first-order chi connectivity index (χ1) is 16.5. The lowest BCUT2D eigenvalue weighted by Gasteiger charge is -2.13. The van der Waals surface area contributed by atoms with Crippen molar-refractivity contribution in [3.8, 4) is 11.4 Å². The molecule has 0 saturated heterocycles. The van der Waals surface area contributed by atoms with E-state index >= 15 is 0 Å². The fourth-order valence-corrected chi connectivity index (χ4v) is 6.11. The average Bonchev–Trinajstić information content (AvgIpc) is 3.60. The number of carbonyl (C=O) groups excluding carboxylic acids is 2. The number of nitrogens with one attached hydrogen (secondary N) is 1. The van der Waals surface area contributed by atoms with Crippen molar-refractivity contribution in [2.75, 3.05) is 5.32 Å². The standard InChI is InChI=1S/C23H22N6O3S2/c1-13(21(31)26-22-18(19(24)30)16-7-2-8-17(16)34-22)33-23-28-27-20(14-5-3-9-25-11-14)29(23)12-15-6-4-10-32-15/h3-6,9-11,13H,2,7-8,12H2,1H3,(H2,24,30)(H,26,31). The van der Waals surface area contributed by atoms with E-state index in [9.17, 15) is 9.59 Å². The lowest BCUT2D eigenvalue weighted by molar-refractivity contribution is -0.115. The molecule has 0 fully saturated rings. The lowest BCUT2D eigenvalue weighted by Crippen LogP contribution is -2.24. The smallest absolute Gasteiger partial charge is 0.251 e. The summed E-state index contributed by atoms with van der Waals surface area (Å²) in [6, 6.07) is 7.43. The predicted molar refractivity (Wildman–Crippen MR) is 130 cm³/mol. The molecule has 34 heavy (non-hydrogen) atoms. The van der Waals surface area contributed by atoms with Gasteiger partial charge in [-0.15, -0.1) is 21.5 Å². The van der Waals surface area contributed by atoms with E-state index in [0.717, 1.165) is 41.0 Å². The summed E-state index contributed by atoms with van der Waals surface area (Å²) in [5.74, 6) is 0.630. The summed E-state index contributed by atoms with van der Waals surface area (Å²) in [5.41, 5.74) is 7.86. The zero-order valence-electron chi connectivity index (χ0n) is 18.4. The molecule has 0 radical (unpaired) electrons. The molecule has 9 nitrogen and oxygen atoms in total. The Morgan fingerprint density at radius 1 is 1.29 bits per heavy atom. The summed E-state index contributed by atoms with van der Waals surface area (Å²) in [7, 11) is 0. The summed E-state index contributed by atoms with van der Waals surface area (Å²) in [5, 5.41) is 12.2. The van der Waals surface area contributed by atoms with E-state index in [4.69, 9.17) is 10.2 Å². The van der Waals surface area contributed by atoms with Crippen LogP contribution in [0.4, 0.5) is 5.00 Å². The second-order valence-electron chi connectivity index (χ2n) is 7.89. The molecular formula is C23H22N6O3S2. The molecule has 0 saturated carbocycles. The maximum atomic E-state index is 13.1. The van der Waals surface area contributed by atoms with Crippen molar-refractivity contribution in [2.45, 2.75) is 43.1 Å². The number of thioether (sulfide) groups is 1. The van der Waals surface area contributed by atoms with Gasteiger partial charge in [0.1, 0.15) is 10.8 Å². The van der Waals surface area contributed by atoms with Crippen LogP contribution in [0.3, 0.4) is 0 Å². The summed E-state index contributed by atoms with van der Waals surface area (Å²) >= 11 is 2.73. The molecule has 0 aliphatic heterocycles. The Morgan fingerprint density at radius 3 is 2.91 bits per heavy atom. The third-order valence-electron chi connectivity index (χ3n) is 5.59. The lowest BCUT2D eigenvalue weighted by atomic mass is 10.1. The molecule has 11 heteroatoms. The molecular weight excluding hydrogens is 472 g/mol. The number of rotatable bonds is 8. The Kier molecular flexibility index (Phi) is 6.20. The van der Waals surface area contributed by atoms with Crippen molar-refractivity contribution in [3.63, 3.8) is 0 Å². The predicted octanol–water partition coefficient (Wildman–Crippen LogP) is 3.75. The number of thiophene rings is 1. The highest BCUT2D eigenvalue weighted by atomic mass is 32.2. The molecule has 0 bridgehead atoms. The molecule has 4 heterocycles. The first kappa shape index (κ1) is 22.4. The van der Waals surface area contributed by atoms with Crippen LogP contribution in [0, 0.1) is 0 Å². The van der Waals surface area contributed by atoms with Crippen LogP contribution in [-0.2, 0) is 24.2 Å². The number of aryl methyl sites for hydroxylation is 1. The van der Waals surface area contributed by atoms with Gasteiger partial charge in [0.2, 0.25) is 5.91 Å². The zero-order valence-corrected chi connectivity index (χ0v) is 20.0. The van der Waals surface area contributed by atoms with Crippen LogP contribution in [0.1, 0.15) is 39.9 Å². The van der Waals surface area contributed by atoms with E-state index in [1.807, 2.05) is 28.8 Å². The first-order valence-corrected chi connectivity index (χ1v) is 12.5. The van der Waals surface area contributed by atoms with E-state index in [2.05, 4.69) is 20.5 Å². The van der Waals surface area contributed by atoms with Gasteiger partial charge in [-0.05, 0) is 56.0 Å². The molecule has 2 amide bonds. The normalized spacial score (nSPS) is 13.6. The van der Waals surface area contributed by atoms with Crippen LogP contribution in [-0.4, -0.2) is 36.8 Å². The van der Waals surface area contributed by atoms with Gasteiger partial charge in [0, 0.05) is 22.8 Å². The maximum absolute atomic E-state index is 13.1. The summed E-state index contributed by atoms with van der Waals surface area (Å²) in [6.45, 7) is 2.20. The fourth-order valence-electron chi connectivity index (χ4n) is 3.96. The molecule has 174 valence electrons. The van der Waals surface area contributed by atoms with Crippen LogP contribution >= 0.6 is 23.1 Å². The van der Waals surface area contributed by atoms with Crippen molar-refractivity contribution in [1.82, 2.24) is 19.7 Å². The average molecular weight is 495 g/mol. The number of carbonyl (C=O) groups is 2. The Morgan fingerprint density at radius 2 is 2.18 bits per heavy atom. The van der Waals surface area contributed by atoms with Gasteiger partial charge in [-0.2, -0.15) is 0 Å². The molecule has 0 spiro atoms. The molecule has 5 rings (SSSR count). The number of pyridine rings is 1. The number of fused-ring (bicyclic) bond motifs is 1. The molecule has 1 aliphatic carbocycles. The second-order valence-corrected chi connectivity index (χ2v) is 10.3. The van der Waals surface area contributed by atoms with Crippen LogP contribution in [0.25, 0.3) is 11.4 Å². The number of primary amides is 1. The highest BCUT2D eigenvalue weighted by molar-refractivity contribution is 8.00. The zero-order chi connectivity index (χ0) is 23.7. The Balaban J connectivity index is 1.38. The van der Waals surface area contributed by atoms with Gasteiger partial charge >= 0.3 is 0 Å². The van der Waals surface area contributed by atoms with Crippen molar-refractivity contribution in [2.24, 2.45) is 5.73 Å². The number of furan rings is 1. The molecule has 3 N–H and O–H groups in total. The van der Waals surface area contributed by atoms with Crippen LogP contribution in [0.2, 0.25) is 0 Å². The fraction of sp³-hybridized carbons (Fsp3) is 0.261. The third-order valence-corrected chi connectivity index (χ3v) is 7.87. The van der Waals surface area contributed by atoms with Gasteiger partial charge in [-0.1, -0.05) is 11.8 Å². The van der Waals surface area contributed by atoms with E-state index in [0.29, 0.717) is 28.1 Å². The summed E-state index contributed by atoms with van der Waals surface area (Å²) < 4.78 is 7.43. The van der Waals surface area contributed by atoms with Crippen molar-refractivity contribution in [1.29, 1.82) is 0 Å². The Bertz CT molecular complexity index is 1330. The van der Waals surface area contributed by atoms with Crippen molar-refractivity contribution < 1.29 is 14.0 Å². The third kappa shape index (κ3) is 4.36. The number of nitrogens with zero attached hydrogens (tertiary/aromatic N) is 4. The molecule has 4 aromatic heterocycles. The molecule has 1 unspecified atom stereocenters. The number of nitrogens with two attached hydrogens (primary N) is 1. The van der Waals surface area contributed by atoms with Gasteiger partial charge in [0.15, 0.2) is 11.0 Å². The SMILES string of the molecule is CC(Sc1nnc(-c2cccnc2)n1Cc1ccco1)C(=O)Nc1sc2c(c1C(N)=O)CCC2. The second kappa shape index (κ2) is 9.43. The highest BCUT2D eigenvalue weighted by Crippen LogP contribution is 2.39. The Labute approximate surface area is 203 Å². The quantitative estimate of drug-likeness (QED) is 0.357. The van der Waals surface area contributed by atoms with Crippen molar-refractivity contribution >= 4 is 39.9 Å². The van der Waals surface area contributed by atoms with E-state index in [1.54, 1.807) is 25.6 Å². The molecule has 0 aromatic carbocycles. The monoisotopic (exact) mass is 494 g/mol. The summed E-state index contributed by atoms with van der Waals surface area (Å²) in [6.07, 6.45) is 7.76. The number of hydrogen-bond donors (Lipinski definition) is 2. The van der Waals surface area contributed by atoms with E-state index < -0.39 is 11.2 Å². The van der Waals surface area contributed by atoms with Gasteiger partial charge in [-0.3, -0.25) is 19.1 Å². The highest BCUT2D eigenvalue weighted by Gasteiger charge is 2.28.